The summed E-state index contributed by atoms with van der Waals surface area (Å²) in [7, 11) is 0. The highest BCUT2D eigenvalue weighted by Gasteiger charge is 2.01. The Kier molecular flexibility index (Phi) is 5.19. The summed E-state index contributed by atoms with van der Waals surface area (Å²) in [5.74, 6) is 0. The minimum atomic E-state index is -0.412. The molecule has 0 radical (unpaired) electrons. The molecule has 0 saturated heterocycles. The summed E-state index contributed by atoms with van der Waals surface area (Å²) in [6.07, 6.45) is 7.69. The number of aromatic nitrogens is 3. The molecule has 24 heavy (non-hydrogen) atoms. The number of rotatable bonds is 6. The van der Waals surface area contributed by atoms with Crippen molar-refractivity contribution in [3.8, 4) is 0 Å². The first-order valence-electron chi connectivity index (χ1n) is 7.71. The number of carbonyl (C=O) groups is 1. The Morgan fingerprint density at radius 3 is 3.00 bits per heavy atom. The standard InChI is InChI=1S/C18H18N4O2/c23-18(24-13-14-6-2-1-3-7-14)19-9-5-4-8-16-10-15-11-21-22-17(15)12-20-16/h1-4,6-8,10-12H,5,9,13H2,(H,19,23)(H,21,22). The van der Waals surface area contributed by atoms with Gasteiger partial charge in [-0.15, -0.1) is 0 Å². The molecule has 0 unspecified atom stereocenters. The molecule has 0 bridgehead atoms. The molecule has 3 aromatic rings. The van der Waals surface area contributed by atoms with Crippen LogP contribution in [0.5, 0.6) is 0 Å². The lowest BCUT2D eigenvalue weighted by molar-refractivity contribution is 0.140. The number of hydrogen-bond donors (Lipinski definition) is 2. The average molecular weight is 322 g/mol. The van der Waals surface area contributed by atoms with Crippen LogP contribution in [0.2, 0.25) is 0 Å². The van der Waals surface area contributed by atoms with Crippen molar-refractivity contribution in [1.82, 2.24) is 20.5 Å². The number of fused-ring (bicyclic) bond motifs is 1. The Bertz CT molecular complexity index is 827. The van der Waals surface area contributed by atoms with E-state index in [9.17, 15) is 4.79 Å². The van der Waals surface area contributed by atoms with Gasteiger partial charge >= 0.3 is 6.09 Å². The van der Waals surface area contributed by atoms with E-state index in [0.29, 0.717) is 13.0 Å². The minimum absolute atomic E-state index is 0.275. The predicted molar refractivity (Wildman–Crippen MR) is 92.2 cm³/mol. The van der Waals surface area contributed by atoms with Crippen LogP contribution in [-0.2, 0) is 11.3 Å². The van der Waals surface area contributed by atoms with Crippen LogP contribution in [0.25, 0.3) is 17.0 Å². The molecular weight excluding hydrogens is 304 g/mol. The van der Waals surface area contributed by atoms with E-state index in [1.807, 2.05) is 48.6 Å². The second kappa shape index (κ2) is 7.92. The lowest BCUT2D eigenvalue weighted by Gasteiger charge is -2.05. The number of pyridine rings is 1. The van der Waals surface area contributed by atoms with Crippen molar-refractivity contribution in [2.45, 2.75) is 13.0 Å². The maximum Gasteiger partial charge on any atom is 0.407 e. The zero-order chi connectivity index (χ0) is 16.6. The predicted octanol–water partition coefficient (Wildman–Crippen LogP) is 3.29. The highest BCUT2D eigenvalue weighted by molar-refractivity contribution is 5.78. The SMILES string of the molecule is O=C(NCCC=Cc1cc2cn[nH]c2cn1)OCc1ccccc1. The van der Waals surface area contributed by atoms with Gasteiger partial charge < -0.3 is 10.1 Å². The molecule has 0 fully saturated rings. The van der Waals surface area contributed by atoms with Crippen LogP contribution in [0.3, 0.4) is 0 Å². The maximum absolute atomic E-state index is 11.6. The summed E-state index contributed by atoms with van der Waals surface area (Å²) < 4.78 is 5.14. The van der Waals surface area contributed by atoms with Gasteiger partial charge in [-0.2, -0.15) is 5.10 Å². The summed E-state index contributed by atoms with van der Waals surface area (Å²) in [6, 6.07) is 11.5. The van der Waals surface area contributed by atoms with Crippen molar-refractivity contribution in [2.24, 2.45) is 0 Å². The van der Waals surface area contributed by atoms with Crippen LogP contribution in [0.4, 0.5) is 4.79 Å². The normalized spacial score (nSPS) is 11.0. The third kappa shape index (κ3) is 4.42. The molecule has 2 N–H and O–H groups in total. The van der Waals surface area contributed by atoms with E-state index < -0.39 is 6.09 Å². The lowest BCUT2D eigenvalue weighted by Crippen LogP contribution is -2.24. The summed E-state index contributed by atoms with van der Waals surface area (Å²) >= 11 is 0. The summed E-state index contributed by atoms with van der Waals surface area (Å²) in [6.45, 7) is 0.787. The van der Waals surface area contributed by atoms with E-state index in [2.05, 4.69) is 20.5 Å². The van der Waals surface area contributed by atoms with Gasteiger partial charge in [-0.3, -0.25) is 10.1 Å². The van der Waals surface area contributed by atoms with Gasteiger partial charge in [0.25, 0.3) is 0 Å². The number of H-pyrrole nitrogens is 1. The highest BCUT2D eigenvalue weighted by Crippen LogP contribution is 2.11. The molecule has 0 aliphatic rings. The van der Waals surface area contributed by atoms with E-state index in [0.717, 1.165) is 22.2 Å². The van der Waals surface area contributed by atoms with Gasteiger partial charge in [0.05, 0.1) is 23.6 Å². The van der Waals surface area contributed by atoms with E-state index in [4.69, 9.17) is 4.74 Å². The lowest BCUT2D eigenvalue weighted by atomic mass is 10.2. The first kappa shape index (κ1) is 15.7. The Morgan fingerprint density at radius 1 is 1.25 bits per heavy atom. The monoisotopic (exact) mass is 322 g/mol. The van der Waals surface area contributed by atoms with Crippen LogP contribution in [0.15, 0.2) is 54.9 Å². The minimum Gasteiger partial charge on any atom is -0.445 e. The largest absolute Gasteiger partial charge is 0.445 e. The fourth-order valence-electron chi connectivity index (χ4n) is 2.19. The quantitative estimate of drug-likeness (QED) is 0.683. The molecule has 2 aromatic heterocycles. The molecule has 0 aliphatic heterocycles. The zero-order valence-electron chi connectivity index (χ0n) is 13.1. The molecule has 1 amide bonds. The number of nitrogens with one attached hydrogen (secondary N) is 2. The second-order valence-electron chi connectivity index (χ2n) is 5.25. The Labute approximate surface area is 139 Å². The summed E-state index contributed by atoms with van der Waals surface area (Å²) in [5, 5.41) is 10.6. The molecule has 0 spiro atoms. The van der Waals surface area contributed by atoms with Crippen LogP contribution in [-0.4, -0.2) is 27.8 Å². The Hall–Kier alpha value is -3.15. The van der Waals surface area contributed by atoms with Gasteiger partial charge in [0.1, 0.15) is 6.61 Å². The molecule has 6 heteroatoms. The van der Waals surface area contributed by atoms with Crippen molar-refractivity contribution in [2.75, 3.05) is 6.54 Å². The molecule has 2 heterocycles. The van der Waals surface area contributed by atoms with Crippen molar-refractivity contribution in [3.63, 3.8) is 0 Å². The maximum atomic E-state index is 11.6. The number of amides is 1. The van der Waals surface area contributed by atoms with E-state index in [-0.39, 0.29) is 6.61 Å². The molecule has 0 aliphatic carbocycles. The van der Waals surface area contributed by atoms with Crippen LogP contribution < -0.4 is 5.32 Å². The van der Waals surface area contributed by atoms with Gasteiger partial charge in [-0.05, 0) is 24.1 Å². The van der Waals surface area contributed by atoms with Gasteiger partial charge in [0.2, 0.25) is 0 Å². The highest BCUT2D eigenvalue weighted by atomic mass is 16.5. The summed E-state index contributed by atoms with van der Waals surface area (Å²) in [5.41, 5.74) is 2.73. The average Bonchev–Trinajstić information content (AvgIpc) is 3.08. The smallest absolute Gasteiger partial charge is 0.407 e. The third-order valence-corrected chi connectivity index (χ3v) is 3.43. The first-order chi connectivity index (χ1) is 11.8. The number of benzene rings is 1. The number of hydrogen-bond acceptors (Lipinski definition) is 4. The van der Waals surface area contributed by atoms with Crippen molar-refractivity contribution < 1.29 is 9.53 Å². The molecule has 0 atom stereocenters. The van der Waals surface area contributed by atoms with Crippen LogP contribution >= 0.6 is 0 Å². The third-order valence-electron chi connectivity index (χ3n) is 3.43. The van der Waals surface area contributed by atoms with E-state index in [1.54, 1.807) is 12.4 Å². The molecule has 6 nitrogen and oxygen atoms in total. The molecule has 122 valence electrons. The number of alkyl carbamates (subject to hydrolysis) is 1. The van der Waals surface area contributed by atoms with Gasteiger partial charge in [0, 0.05) is 11.9 Å². The fourth-order valence-corrected chi connectivity index (χ4v) is 2.19. The van der Waals surface area contributed by atoms with Crippen LogP contribution in [0.1, 0.15) is 17.7 Å². The molecule has 1 aromatic carbocycles. The molecular formula is C18H18N4O2. The molecule has 0 saturated carbocycles. The second-order valence-corrected chi connectivity index (χ2v) is 5.25. The van der Waals surface area contributed by atoms with E-state index in [1.165, 1.54) is 0 Å². The number of nitrogens with zero attached hydrogens (tertiary/aromatic N) is 2. The fraction of sp³-hybridized carbons (Fsp3) is 0.167. The van der Waals surface area contributed by atoms with Crippen molar-refractivity contribution in [1.29, 1.82) is 0 Å². The molecule has 3 rings (SSSR count). The van der Waals surface area contributed by atoms with Crippen molar-refractivity contribution >= 4 is 23.1 Å². The summed E-state index contributed by atoms with van der Waals surface area (Å²) in [4.78, 5) is 15.9. The van der Waals surface area contributed by atoms with Gasteiger partial charge in [-0.25, -0.2) is 4.79 Å². The van der Waals surface area contributed by atoms with Gasteiger partial charge in [-0.1, -0.05) is 36.4 Å². The van der Waals surface area contributed by atoms with E-state index >= 15 is 0 Å². The topological polar surface area (TPSA) is 79.9 Å². The van der Waals surface area contributed by atoms with Crippen molar-refractivity contribution in [3.05, 3.63) is 66.1 Å². The number of carbonyl (C=O) groups excluding carboxylic acids is 1. The zero-order valence-corrected chi connectivity index (χ0v) is 13.1. The number of aromatic amines is 1. The van der Waals surface area contributed by atoms with Crippen LogP contribution in [0, 0.1) is 0 Å². The van der Waals surface area contributed by atoms with Gasteiger partial charge in [0.15, 0.2) is 0 Å². The number of ether oxygens (including phenoxy) is 1. The first-order valence-corrected chi connectivity index (χ1v) is 7.71. The Balaban J connectivity index is 1.37. The Morgan fingerprint density at radius 2 is 2.12 bits per heavy atom.